The van der Waals surface area contributed by atoms with E-state index in [1.165, 1.54) is 42.7 Å². The maximum atomic E-state index is 12.5. The molecule has 0 saturated carbocycles. The average molecular weight is 394 g/mol. The third-order valence-corrected chi connectivity index (χ3v) is 7.09. The highest BCUT2D eigenvalue weighted by Crippen LogP contribution is 2.31. The highest BCUT2D eigenvalue weighted by atomic mass is 32.2. The van der Waals surface area contributed by atoms with Crippen LogP contribution in [-0.2, 0) is 14.8 Å². The van der Waals surface area contributed by atoms with Gasteiger partial charge in [0.2, 0.25) is 0 Å². The van der Waals surface area contributed by atoms with Crippen molar-refractivity contribution in [3.63, 3.8) is 0 Å². The van der Waals surface area contributed by atoms with Crippen LogP contribution in [0.25, 0.3) is 10.6 Å². The number of nitrogens with zero attached hydrogens (tertiary/aromatic N) is 1. The first-order chi connectivity index (χ1) is 11.9. The Bertz CT molecular complexity index is 1000. The number of carbonyl (C=O) groups is 1. The van der Waals surface area contributed by atoms with E-state index in [1.807, 2.05) is 12.3 Å². The van der Waals surface area contributed by atoms with E-state index in [0.29, 0.717) is 11.3 Å². The molecule has 0 unspecified atom stereocenters. The van der Waals surface area contributed by atoms with Gasteiger partial charge in [-0.2, -0.15) is 0 Å². The number of sulfonamides is 1. The molecule has 0 atom stereocenters. The highest BCUT2D eigenvalue weighted by molar-refractivity contribution is 7.94. The van der Waals surface area contributed by atoms with Gasteiger partial charge in [-0.05, 0) is 37.3 Å². The van der Waals surface area contributed by atoms with Gasteiger partial charge in [0.1, 0.15) is 9.22 Å². The molecule has 0 aliphatic heterocycles. The summed E-state index contributed by atoms with van der Waals surface area (Å²) in [5.41, 5.74) is 2.40. The van der Waals surface area contributed by atoms with Crippen LogP contribution in [-0.4, -0.2) is 26.5 Å². The summed E-state index contributed by atoms with van der Waals surface area (Å²) < 4.78 is 32.3. The molecule has 2 heterocycles. The number of carbonyl (C=O) groups excluding carboxylic acids is 1. The van der Waals surface area contributed by atoms with Gasteiger partial charge in [0, 0.05) is 27.7 Å². The lowest BCUT2D eigenvalue weighted by atomic mass is 10.2. The standard InChI is InChI=1S/C16H14N2O4S3/c1-10-8-24-15(17-10)12-7-14(23-9-12)25(20,21)18-13-5-3-11(4-6-13)16(19)22-2/h3-9,18H,1-2H3. The summed E-state index contributed by atoms with van der Waals surface area (Å²) in [6.45, 7) is 1.89. The lowest BCUT2D eigenvalue weighted by Gasteiger charge is -2.06. The lowest BCUT2D eigenvalue weighted by molar-refractivity contribution is 0.0601. The minimum atomic E-state index is -3.70. The van der Waals surface area contributed by atoms with Crippen molar-refractivity contribution in [2.75, 3.05) is 11.8 Å². The molecule has 3 rings (SSSR count). The van der Waals surface area contributed by atoms with Crippen LogP contribution in [0.4, 0.5) is 5.69 Å². The molecule has 2 aromatic heterocycles. The molecule has 0 fully saturated rings. The normalized spacial score (nSPS) is 11.3. The Morgan fingerprint density at radius 3 is 2.48 bits per heavy atom. The molecule has 9 heteroatoms. The molecule has 3 aromatic rings. The smallest absolute Gasteiger partial charge is 0.337 e. The van der Waals surface area contributed by atoms with E-state index >= 15 is 0 Å². The fraction of sp³-hybridized carbons (Fsp3) is 0.125. The SMILES string of the molecule is COC(=O)c1ccc(NS(=O)(=O)c2cc(-c3nc(C)cs3)cs2)cc1. The number of hydrogen-bond acceptors (Lipinski definition) is 7. The van der Waals surface area contributed by atoms with Crippen molar-refractivity contribution in [1.29, 1.82) is 0 Å². The number of anilines is 1. The van der Waals surface area contributed by atoms with E-state index in [2.05, 4.69) is 14.4 Å². The van der Waals surface area contributed by atoms with Crippen molar-refractivity contribution >= 4 is 44.4 Å². The van der Waals surface area contributed by atoms with Crippen LogP contribution in [0, 0.1) is 6.92 Å². The van der Waals surface area contributed by atoms with Gasteiger partial charge in [0.05, 0.1) is 12.7 Å². The topological polar surface area (TPSA) is 85.4 Å². The van der Waals surface area contributed by atoms with E-state index in [-0.39, 0.29) is 4.21 Å². The van der Waals surface area contributed by atoms with Crippen molar-refractivity contribution in [3.05, 3.63) is 52.3 Å². The Kier molecular flexibility index (Phi) is 4.89. The number of thiophene rings is 1. The van der Waals surface area contributed by atoms with Crippen LogP contribution in [0.3, 0.4) is 0 Å². The predicted molar refractivity (Wildman–Crippen MR) is 98.8 cm³/mol. The van der Waals surface area contributed by atoms with Crippen LogP contribution >= 0.6 is 22.7 Å². The second-order valence-corrected chi connectivity index (χ2v) is 8.80. The van der Waals surface area contributed by atoms with E-state index < -0.39 is 16.0 Å². The third-order valence-electron chi connectivity index (χ3n) is 3.26. The lowest BCUT2D eigenvalue weighted by Crippen LogP contribution is -2.11. The molecule has 0 amide bonds. The van der Waals surface area contributed by atoms with Crippen LogP contribution in [0.5, 0.6) is 0 Å². The number of aromatic nitrogens is 1. The summed E-state index contributed by atoms with van der Waals surface area (Å²) in [6, 6.07) is 7.64. The first-order valence-corrected chi connectivity index (χ1v) is 10.4. The largest absolute Gasteiger partial charge is 0.465 e. The Labute approximate surface area is 153 Å². The maximum Gasteiger partial charge on any atom is 0.337 e. The minimum absolute atomic E-state index is 0.201. The summed E-state index contributed by atoms with van der Waals surface area (Å²) in [4.78, 5) is 15.8. The Hall–Kier alpha value is -2.23. The molecule has 0 radical (unpaired) electrons. The molecule has 6 nitrogen and oxygen atoms in total. The van der Waals surface area contributed by atoms with Gasteiger partial charge in [-0.25, -0.2) is 18.2 Å². The number of thiazole rings is 1. The van der Waals surface area contributed by atoms with Crippen LogP contribution < -0.4 is 4.72 Å². The van der Waals surface area contributed by atoms with Crippen LogP contribution in [0.15, 0.2) is 45.3 Å². The summed E-state index contributed by atoms with van der Waals surface area (Å²) in [7, 11) is -2.41. The number of methoxy groups -OCH3 is 1. The highest BCUT2D eigenvalue weighted by Gasteiger charge is 2.18. The summed E-state index contributed by atoms with van der Waals surface area (Å²) in [5.74, 6) is -0.476. The molecule has 25 heavy (non-hydrogen) atoms. The van der Waals surface area contributed by atoms with Gasteiger partial charge >= 0.3 is 5.97 Å². The summed E-state index contributed by atoms with van der Waals surface area (Å²) >= 11 is 2.61. The molecule has 0 spiro atoms. The molecule has 0 saturated heterocycles. The molecule has 0 aliphatic rings. The fourth-order valence-electron chi connectivity index (χ4n) is 2.05. The zero-order valence-electron chi connectivity index (χ0n) is 13.3. The third kappa shape index (κ3) is 3.89. The zero-order valence-corrected chi connectivity index (χ0v) is 15.8. The monoisotopic (exact) mass is 394 g/mol. The Morgan fingerprint density at radius 2 is 1.88 bits per heavy atom. The zero-order chi connectivity index (χ0) is 18.0. The molecule has 0 bridgehead atoms. The van der Waals surface area contributed by atoms with Crippen molar-refractivity contribution in [2.45, 2.75) is 11.1 Å². The Morgan fingerprint density at radius 1 is 1.16 bits per heavy atom. The second-order valence-electron chi connectivity index (χ2n) is 5.12. The van der Waals surface area contributed by atoms with Crippen molar-refractivity contribution in [1.82, 2.24) is 4.98 Å². The number of benzene rings is 1. The van der Waals surface area contributed by atoms with Gasteiger partial charge in [0.25, 0.3) is 10.0 Å². The van der Waals surface area contributed by atoms with E-state index in [0.717, 1.165) is 27.6 Å². The fourth-order valence-corrected chi connectivity index (χ4v) is 5.14. The van der Waals surface area contributed by atoms with Gasteiger partial charge in [-0.15, -0.1) is 22.7 Å². The maximum absolute atomic E-state index is 12.5. The summed E-state index contributed by atoms with van der Waals surface area (Å²) in [5, 5.41) is 4.48. The molecule has 0 aliphatic carbocycles. The van der Waals surface area contributed by atoms with Crippen molar-refractivity contribution < 1.29 is 17.9 Å². The molecule has 1 aromatic carbocycles. The summed E-state index contributed by atoms with van der Waals surface area (Å²) in [6.07, 6.45) is 0. The van der Waals surface area contributed by atoms with Crippen LogP contribution in [0.1, 0.15) is 16.1 Å². The predicted octanol–water partition coefficient (Wildman–Crippen LogP) is 3.77. The quantitative estimate of drug-likeness (QED) is 0.666. The van der Waals surface area contributed by atoms with Gasteiger partial charge in [-0.3, -0.25) is 4.72 Å². The van der Waals surface area contributed by atoms with E-state index in [9.17, 15) is 13.2 Å². The number of rotatable bonds is 5. The number of hydrogen-bond donors (Lipinski definition) is 1. The first-order valence-electron chi connectivity index (χ1n) is 7.11. The minimum Gasteiger partial charge on any atom is -0.465 e. The molecule has 130 valence electrons. The van der Waals surface area contributed by atoms with E-state index in [1.54, 1.807) is 11.4 Å². The van der Waals surface area contributed by atoms with Gasteiger partial charge in [0.15, 0.2) is 0 Å². The number of ether oxygens (including phenoxy) is 1. The van der Waals surface area contributed by atoms with Gasteiger partial charge in [-0.1, -0.05) is 0 Å². The second kappa shape index (κ2) is 6.95. The number of nitrogens with one attached hydrogen (secondary N) is 1. The molecular weight excluding hydrogens is 380 g/mol. The Balaban J connectivity index is 1.80. The molecular formula is C16H14N2O4S3. The average Bonchev–Trinajstić information content (AvgIpc) is 3.23. The number of esters is 1. The molecule has 1 N–H and O–H groups in total. The number of aryl methyl sites for hydroxylation is 1. The first kappa shape index (κ1) is 17.6. The van der Waals surface area contributed by atoms with Gasteiger partial charge < -0.3 is 4.74 Å². The van der Waals surface area contributed by atoms with Crippen molar-refractivity contribution in [3.8, 4) is 10.6 Å². The van der Waals surface area contributed by atoms with Crippen LogP contribution in [0.2, 0.25) is 0 Å². The van der Waals surface area contributed by atoms with Crippen molar-refractivity contribution in [2.24, 2.45) is 0 Å². The van der Waals surface area contributed by atoms with E-state index in [4.69, 9.17) is 0 Å².